The van der Waals surface area contributed by atoms with Crippen molar-refractivity contribution in [3.05, 3.63) is 47.8 Å². The zero-order chi connectivity index (χ0) is 13.0. The van der Waals surface area contributed by atoms with Crippen LogP contribution in [0.3, 0.4) is 0 Å². The van der Waals surface area contributed by atoms with Crippen LogP contribution in [0.1, 0.15) is 22.8 Å². The summed E-state index contributed by atoms with van der Waals surface area (Å²) in [6.07, 6.45) is 2.97. The topological polar surface area (TPSA) is 90.4 Å². The predicted octanol–water partition coefficient (Wildman–Crippen LogP) is 1.86. The van der Waals surface area contributed by atoms with E-state index in [2.05, 4.69) is 20.7 Å². The molecule has 1 amide bonds. The van der Waals surface area contributed by atoms with Gasteiger partial charge in [0.05, 0.1) is 17.5 Å². The summed E-state index contributed by atoms with van der Waals surface area (Å²) in [5.74, 6) is -0.232. The number of anilines is 1. The van der Waals surface area contributed by atoms with Gasteiger partial charge in [-0.25, -0.2) is 0 Å². The van der Waals surface area contributed by atoms with Gasteiger partial charge in [0.25, 0.3) is 5.91 Å². The number of carbonyl (C=O) groups is 1. The van der Waals surface area contributed by atoms with Crippen molar-refractivity contribution >= 4 is 17.3 Å². The lowest BCUT2D eigenvalue weighted by Crippen LogP contribution is -2.11. The molecule has 2 aromatic rings. The highest BCUT2D eigenvalue weighted by Crippen LogP contribution is 2.11. The highest BCUT2D eigenvalue weighted by molar-refractivity contribution is 6.04. The summed E-state index contributed by atoms with van der Waals surface area (Å²) < 4.78 is 0. The van der Waals surface area contributed by atoms with Crippen LogP contribution >= 0.6 is 0 Å². The van der Waals surface area contributed by atoms with Crippen LogP contribution in [-0.4, -0.2) is 27.0 Å². The number of benzene rings is 1. The van der Waals surface area contributed by atoms with Crippen LogP contribution in [0.5, 0.6) is 0 Å². The van der Waals surface area contributed by atoms with Gasteiger partial charge in [-0.15, -0.1) is 0 Å². The molecule has 0 saturated heterocycles. The first-order valence-electron chi connectivity index (χ1n) is 5.30. The largest absolute Gasteiger partial charge is 0.411 e. The van der Waals surface area contributed by atoms with Crippen molar-refractivity contribution in [2.45, 2.75) is 6.92 Å². The van der Waals surface area contributed by atoms with Crippen molar-refractivity contribution in [3.63, 3.8) is 0 Å². The standard InChI is InChI=1S/C12H12N4O2/c1-8(16-18)9-2-4-11(5-3-9)15-12(17)10-6-13-14-7-10/h2-7,18H,1H3,(H,13,14)(H,15,17). The highest BCUT2D eigenvalue weighted by atomic mass is 16.4. The Morgan fingerprint density at radius 3 is 2.61 bits per heavy atom. The third kappa shape index (κ3) is 2.54. The number of H-pyrrole nitrogens is 1. The zero-order valence-electron chi connectivity index (χ0n) is 9.71. The van der Waals surface area contributed by atoms with Crippen molar-refractivity contribution in [2.24, 2.45) is 5.16 Å². The van der Waals surface area contributed by atoms with Gasteiger partial charge in [-0.3, -0.25) is 9.89 Å². The first kappa shape index (κ1) is 11.8. The molecular weight excluding hydrogens is 232 g/mol. The second-order valence-electron chi connectivity index (χ2n) is 3.70. The van der Waals surface area contributed by atoms with Crippen molar-refractivity contribution < 1.29 is 10.0 Å². The number of aromatic nitrogens is 2. The lowest BCUT2D eigenvalue weighted by Gasteiger charge is -2.04. The molecular formula is C12H12N4O2. The number of rotatable bonds is 3. The lowest BCUT2D eigenvalue weighted by molar-refractivity contribution is 0.102. The summed E-state index contributed by atoms with van der Waals surface area (Å²) in [6, 6.07) is 7.00. The molecule has 0 aliphatic carbocycles. The van der Waals surface area contributed by atoms with Gasteiger partial charge in [-0.1, -0.05) is 17.3 Å². The Bertz CT molecular complexity index is 558. The Morgan fingerprint density at radius 1 is 1.33 bits per heavy atom. The van der Waals surface area contributed by atoms with Crippen LogP contribution in [0, 0.1) is 0 Å². The molecule has 0 fully saturated rings. The van der Waals surface area contributed by atoms with Crippen molar-refractivity contribution in [2.75, 3.05) is 5.32 Å². The Morgan fingerprint density at radius 2 is 2.06 bits per heavy atom. The van der Waals surface area contributed by atoms with Crippen LogP contribution < -0.4 is 5.32 Å². The minimum Gasteiger partial charge on any atom is -0.411 e. The molecule has 2 rings (SSSR count). The Kier molecular flexibility index (Phi) is 3.38. The molecule has 1 heterocycles. The number of nitrogens with zero attached hydrogens (tertiary/aromatic N) is 2. The summed E-state index contributed by atoms with van der Waals surface area (Å²) in [6.45, 7) is 1.69. The van der Waals surface area contributed by atoms with Crippen molar-refractivity contribution in [3.8, 4) is 0 Å². The van der Waals surface area contributed by atoms with Gasteiger partial charge in [0.15, 0.2) is 0 Å². The normalized spacial score (nSPS) is 11.3. The summed E-state index contributed by atoms with van der Waals surface area (Å²) in [4.78, 5) is 11.7. The summed E-state index contributed by atoms with van der Waals surface area (Å²) in [7, 11) is 0. The minimum absolute atomic E-state index is 0.232. The second-order valence-corrected chi connectivity index (χ2v) is 3.70. The SMILES string of the molecule is CC(=NO)c1ccc(NC(=O)c2cn[nH]c2)cc1. The van der Waals surface area contributed by atoms with E-state index in [9.17, 15) is 4.79 Å². The van der Waals surface area contributed by atoms with E-state index in [4.69, 9.17) is 5.21 Å². The van der Waals surface area contributed by atoms with E-state index in [0.717, 1.165) is 5.56 Å². The Hall–Kier alpha value is -2.63. The number of amides is 1. The van der Waals surface area contributed by atoms with Gasteiger partial charge in [0.2, 0.25) is 0 Å². The minimum atomic E-state index is -0.232. The average molecular weight is 244 g/mol. The molecule has 1 aromatic carbocycles. The first-order chi connectivity index (χ1) is 8.70. The third-order valence-electron chi connectivity index (χ3n) is 2.47. The fraction of sp³-hybridized carbons (Fsp3) is 0.0833. The molecule has 3 N–H and O–H groups in total. The molecule has 0 bridgehead atoms. The molecule has 18 heavy (non-hydrogen) atoms. The Labute approximate surface area is 103 Å². The van der Waals surface area contributed by atoms with E-state index < -0.39 is 0 Å². The molecule has 0 aliphatic heterocycles. The molecule has 0 aliphatic rings. The smallest absolute Gasteiger partial charge is 0.258 e. The molecule has 6 nitrogen and oxygen atoms in total. The van der Waals surface area contributed by atoms with Gasteiger partial charge < -0.3 is 10.5 Å². The molecule has 92 valence electrons. The number of oxime groups is 1. The van der Waals surface area contributed by atoms with Crippen LogP contribution in [0.2, 0.25) is 0 Å². The van der Waals surface area contributed by atoms with Crippen LogP contribution in [0.4, 0.5) is 5.69 Å². The first-order valence-corrected chi connectivity index (χ1v) is 5.30. The number of nitrogens with one attached hydrogen (secondary N) is 2. The van der Waals surface area contributed by atoms with Crippen LogP contribution in [0.15, 0.2) is 41.8 Å². The molecule has 0 saturated carbocycles. The Balaban J connectivity index is 2.09. The molecule has 1 aromatic heterocycles. The van der Waals surface area contributed by atoms with E-state index in [-0.39, 0.29) is 5.91 Å². The fourth-order valence-corrected chi connectivity index (χ4v) is 1.43. The maximum atomic E-state index is 11.7. The van der Waals surface area contributed by atoms with Gasteiger partial charge in [-0.05, 0) is 24.6 Å². The summed E-state index contributed by atoms with van der Waals surface area (Å²) >= 11 is 0. The number of aromatic amines is 1. The number of carbonyl (C=O) groups excluding carboxylic acids is 1. The van der Waals surface area contributed by atoms with Gasteiger partial charge in [-0.2, -0.15) is 5.10 Å². The van der Waals surface area contributed by atoms with E-state index in [1.807, 2.05) is 0 Å². The van der Waals surface area contributed by atoms with Crippen LogP contribution in [-0.2, 0) is 0 Å². The quantitative estimate of drug-likeness (QED) is 0.437. The maximum Gasteiger partial charge on any atom is 0.258 e. The van der Waals surface area contributed by atoms with E-state index in [1.54, 1.807) is 31.2 Å². The third-order valence-corrected chi connectivity index (χ3v) is 2.47. The predicted molar refractivity (Wildman–Crippen MR) is 67.0 cm³/mol. The van der Waals surface area contributed by atoms with Gasteiger partial charge in [0.1, 0.15) is 0 Å². The molecule has 6 heteroatoms. The molecule has 0 radical (unpaired) electrons. The van der Waals surface area contributed by atoms with E-state index in [0.29, 0.717) is 17.0 Å². The number of hydrogen-bond donors (Lipinski definition) is 3. The summed E-state index contributed by atoms with van der Waals surface area (Å²) in [5, 5.41) is 20.7. The van der Waals surface area contributed by atoms with Gasteiger partial charge in [0, 0.05) is 11.9 Å². The number of hydrogen-bond acceptors (Lipinski definition) is 4. The van der Waals surface area contributed by atoms with Crippen molar-refractivity contribution in [1.82, 2.24) is 10.2 Å². The fourth-order valence-electron chi connectivity index (χ4n) is 1.43. The highest BCUT2D eigenvalue weighted by Gasteiger charge is 2.06. The summed E-state index contributed by atoms with van der Waals surface area (Å²) in [5.41, 5.74) is 2.43. The van der Waals surface area contributed by atoms with E-state index >= 15 is 0 Å². The molecule has 0 spiro atoms. The lowest BCUT2D eigenvalue weighted by atomic mass is 10.1. The molecule has 0 unspecified atom stereocenters. The molecule has 0 atom stereocenters. The zero-order valence-corrected chi connectivity index (χ0v) is 9.71. The monoisotopic (exact) mass is 244 g/mol. The average Bonchev–Trinajstić information content (AvgIpc) is 2.92. The van der Waals surface area contributed by atoms with Crippen molar-refractivity contribution in [1.29, 1.82) is 0 Å². The second kappa shape index (κ2) is 5.13. The van der Waals surface area contributed by atoms with Crippen LogP contribution in [0.25, 0.3) is 0 Å². The van der Waals surface area contributed by atoms with Gasteiger partial charge >= 0.3 is 0 Å². The maximum absolute atomic E-state index is 11.7. The van der Waals surface area contributed by atoms with E-state index in [1.165, 1.54) is 12.4 Å².